The van der Waals surface area contributed by atoms with Crippen LogP contribution in [0.2, 0.25) is 0 Å². The number of likely N-dealkylation sites (tertiary alicyclic amines) is 1. The smallest absolute Gasteiger partial charge is 0.335 e. The summed E-state index contributed by atoms with van der Waals surface area (Å²) >= 11 is 0. The number of carboxylic acid groups (broad SMARTS) is 1. The summed E-state index contributed by atoms with van der Waals surface area (Å²) in [5.41, 5.74) is 6.94. The molecule has 0 amide bonds. The van der Waals surface area contributed by atoms with Crippen molar-refractivity contribution in [2.24, 2.45) is 5.92 Å². The molecule has 2 aromatic carbocycles. The molecule has 2 aliphatic heterocycles. The number of fused-ring (bicyclic) bond motifs is 7. The van der Waals surface area contributed by atoms with Crippen LogP contribution in [0, 0.1) is 5.92 Å². The summed E-state index contributed by atoms with van der Waals surface area (Å²) in [6.45, 7) is 4.20. The molecule has 3 aromatic rings. The highest BCUT2D eigenvalue weighted by molar-refractivity contribution is 5.98. The van der Waals surface area contributed by atoms with Gasteiger partial charge in [-0.15, -0.1) is 0 Å². The van der Waals surface area contributed by atoms with E-state index in [1.54, 1.807) is 13.2 Å². The molecule has 1 N–H and O–H groups in total. The Labute approximate surface area is 226 Å². The lowest BCUT2D eigenvalue weighted by Crippen LogP contribution is -2.29. The van der Waals surface area contributed by atoms with Crippen molar-refractivity contribution in [3.05, 3.63) is 53.1 Å². The Morgan fingerprint density at radius 2 is 1.89 bits per heavy atom. The van der Waals surface area contributed by atoms with Gasteiger partial charge in [-0.3, -0.25) is 4.90 Å². The van der Waals surface area contributed by atoms with Crippen molar-refractivity contribution >= 4 is 16.9 Å². The third-order valence-electron chi connectivity index (χ3n) is 9.29. The second kappa shape index (κ2) is 10.4. The molecular formula is C32H41N3O3. The van der Waals surface area contributed by atoms with Gasteiger partial charge < -0.3 is 19.3 Å². The summed E-state index contributed by atoms with van der Waals surface area (Å²) in [5, 5.41) is 11.1. The fourth-order valence-electron chi connectivity index (χ4n) is 7.57. The zero-order valence-electron chi connectivity index (χ0n) is 23.1. The first-order valence-corrected chi connectivity index (χ1v) is 14.4. The normalized spacial score (nSPS) is 21.8. The molecule has 0 spiro atoms. The standard InChI is InChI=1S/C32H41N3O3/c1-33(2)15-7-16-34-17-14-23-20-35-28-18-22(32(36)37)10-12-26(28)29(21-8-5-4-6-9-21)31(35)25-13-11-24(38-3)19-27(25)30(23)34/h10-13,18-19,21,23,30H,4-9,14-17,20H2,1-3H3,(H,36,37). The molecule has 1 aliphatic carbocycles. The van der Waals surface area contributed by atoms with E-state index < -0.39 is 5.97 Å². The molecule has 6 heteroatoms. The van der Waals surface area contributed by atoms with Gasteiger partial charge in [-0.2, -0.15) is 0 Å². The molecule has 1 aromatic heterocycles. The van der Waals surface area contributed by atoms with Crippen LogP contribution in [0.25, 0.3) is 22.2 Å². The number of nitrogens with zero attached hydrogens (tertiary/aromatic N) is 3. The number of rotatable bonds is 7. The SMILES string of the molecule is COc1ccc2c(c1)C1C(CCN1CCCN(C)C)Cn1c-2c(C2CCCCC2)c2ccc(C(=O)O)cc21. The fourth-order valence-corrected chi connectivity index (χ4v) is 7.57. The van der Waals surface area contributed by atoms with Gasteiger partial charge in [0.15, 0.2) is 0 Å². The highest BCUT2D eigenvalue weighted by atomic mass is 16.5. The van der Waals surface area contributed by atoms with Crippen molar-refractivity contribution in [1.82, 2.24) is 14.4 Å². The monoisotopic (exact) mass is 515 g/mol. The summed E-state index contributed by atoms with van der Waals surface area (Å²) in [7, 11) is 6.06. The first-order chi connectivity index (χ1) is 18.5. The number of benzene rings is 2. The number of hydrogen-bond acceptors (Lipinski definition) is 4. The van der Waals surface area contributed by atoms with E-state index in [1.807, 2.05) is 6.07 Å². The van der Waals surface area contributed by atoms with Crippen molar-refractivity contribution < 1.29 is 14.6 Å². The van der Waals surface area contributed by atoms with E-state index in [4.69, 9.17) is 4.74 Å². The molecule has 1 saturated heterocycles. The van der Waals surface area contributed by atoms with Crippen molar-refractivity contribution in [2.45, 2.75) is 63.5 Å². The molecule has 1 saturated carbocycles. The van der Waals surface area contributed by atoms with Gasteiger partial charge in [-0.05, 0) is 113 Å². The van der Waals surface area contributed by atoms with Crippen LogP contribution in [0.5, 0.6) is 5.75 Å². The summed E-state index contributed by atoms with van der Waals surface area (Å²) in [6, 6.07) is 12.9. The average Bonchev–Trinajstić information content (AvgIpc) is 3.42. The predicted molar refractivity (Wildman–Crippen MR) is 152 cm³/mol. The highest BCUT2D eigenvalue weighted by Gasteiger charge is 2.41. The second-order valence-corrected chi connectivity index (χ2v) is 11.9. The van der Waals surface area contributed by atoms with Crippen LogP contribution < -0.4 is 4.74 Å². The first kappa shape index (κ1) is 25.4. The highest BCUT2D eigenvalue weighted by Crippen LogP contribution is 2.52. The second-order valence-electron chi connectivity index (χ2n) is 11.9. The summed E-state index contributed by atoms with van der Waals surface area (Å²) < 4.78 is 8.26. The molecule has 6 rings (SSSR count). The van der Waals surface area contributed by atoms with Crippen molar-refractivity contribution in [1.29, 1.82) is 0 Å². The van der Waals surface area contributed by atoms with Crippen LogP contribution in [-0.2, 0) is 6.54 Å². The van der Waals surface area contributed by atoms with Crippen LogP contribution >= 0.6 is 0 Å². The van der Waals surface area contributed by atoms with Gasteiger partial charge in [-0.1, -0.05) is 25.3 Å². The third-order valence-corrected chi connectivity index (χ3v) is 9.29. The Hall–Kier alpha value is -2.83. The van der Waals surface area contributed by atoms with Gasteiger partial charge >= 0.3 is 5.97 Å². The van der Waals surface area contributed by atoms with E-state index in [0.717, 1.165) is 50.3 Å². The van der Waals surface area contributed by atoms with Gasteiger partial charge in [0.25, 0.3) is 0 Å². The van der Waals surface area contributed by atoms with Crippen LogP contribution in [0.15, 0.2) is 36.4 Å². The molecule has 38 heavy (non-hydrogen) atoms. The van der Waals surface area contributed by atoms with Gasteiger partial charge in [0.2, 0.25) is 0 Å². The maximum Gasteiger partial charge on any atom is 0.335 e. The van der Waals surface area contributed by atoms with E-state index in [9.17, 15) is 9.90 Å². The molecule has 2 unspecified atom stereocenters. The van der Waals surface area contributed by atoms with Gasteiger partial charge in [0, 0.05) is 29.1 Å². The maximum atomic E-state index is 12.0. The topological polar surface area (TPSA) is 57.9 Å². The number of methoxy groups -OCH3 is 1. The number of carbonyl (C=O) groups is 1. The fraction of sp³-hybridized carbons (Fsp3) is 0.531. The third kappa shape index (κ3) is 4.42. The quantitative estimate of drug-likeness (QED) is 0.395. The van der Waals surface area contributed by atoms with Crippen LogP contribution in [0.4, 0.5) is 0 Å². The lowest BCUT2D eigenvalue weighted by Gasteiger charge is -2.29. The van der Waals surface area contributed by atoms with Crippen molar-refractivity contribution in [2.75, 3.05) is 40.8 Å². The summed E-state index contributed by atoms with van der Waals surface area (Å²) in [4.78, 5) is 17.0. The minimum Gasteiger partial charge on any atom is -0.497 e. The lowest BCUT2D eigenvalue weighted by molar-refractivity contribution is 0.0697. The molecule has 202 valence electrons. The van der Waals surface area contributed by atoms with Crippen LogP contribution in [-0.4, -0.2) is 66.3 Å². The van der Waals surface area contributed by atoms with Crippen LogP contribution in [0.3, 0.4) is 0 Å². The Morgan fingerprint density at radius 3 is 2.63 bits per heavy atom. The zero-order chi connectivity index (χ0) is 26.4. The Kier molecular flexibility index (Phi) is 6.95. The summed E-state index contributed by atoms with van der Waals surface area (Å²) in [5.74, 6) is 1.05. The van der Waals surface area contributed by atoms with E-state index in [0.29, 0.717) is 23.4 Å². The Morgan fingerprint density at radius 1 is 1.08 bits per heavy atom. The zero-order valence-corrected chi connectivity index (χ0v) is 23.1. The van der Waals surface area contributed by atoms with E-state index in [2.05, 4.69) is 52.7 Å². The van der Waals surface area contributed by atoms with E-state index in [1.165, 1.54) is 59.9 Å². The number of aromatic nitrogens is 1. The molecule has 0 bridgehead atoms. The van der Waals surface area contributed by atoms with Crippen molar-refractivity contribution in [3.63, 3.8) is 0 Å². The minimum atomic E-state index is -0.855. The predicted octanol–water partition coefficient (Wildman–Crippen LogP) is 6.39. The Balaban J connectivity index is 1.56. The molecule has 3 aliphatic rings. The molecule has 2 atom stereocenters. The summed E-state index contributed by atoms with van der Waals surface area (Å²) in [6.07, 6.45) is 8.58. The largest absolute Gasteiger partial charge is 0.497 e. The van der Waals surface area contributed by atoms with Gasteiger partial charge in [0.1, 0.15) is 5.75 Å². The first-order valence-electron chi connectivity index (χ1n) is 14.4. The van der Waals surface area contributed by atoms with Gasteiger partial charge in [0.05, 0.1) is 18.4 Å². The molecule has 0 radical (unpaired) electrons. The average molecular weight is 516 g/mol. The lowest BCUT2D eigenvalue weighted by atomic mass is 9.81. The maximum absolute atomic E-state index is 12.0. The molecule has 3 heterocycles. The molecule has 6 nitrogen and oxygen atoms in total. The van der Waals surface area contributed by atoms with E-state index >= 15 is 0 Å². The Bertz CT molecular complexity index is 1340. The number of aromatic carboxylic acids is 1. The molecule has 2 fully saturated rings. The minimum absolute atomic E-state index is 0.346. The van der Waals surface area contributed by atoms with Crippen molar-refractivity contribution in [3.8, 4) is 17.0 Å². The number of ether oxygens (including phenoxy) is 1. The molecular weight excluding hydrogens is 474 g/mol. The van der Waals surface area contributed by atoms with Gasteiger partial charge in [-0.25, -0.2) is 4.79 Å². The van der Waals surface area contributed by atoms with Crippen LogP contribution in [0.1, 0.15) is 78.4 Å². The number of hydrogen-bond donors (Lipinski definition) is 1. The number of carboxylic acids is 1. The van der Waals surface area contributed by atoms with E-state index in [-0.39, 0.29) is 0 Å².